The van der Waals surface area contributed by atoms with E-state index in [2.05, 4.69) is 78.9 Å². The Labute approximate surface area is 248 Å². The van der Waals surface area contributed by atoms with Crippen LogP contribution in [0.1, 0.15) is 48.5 Å². The summed E-state index contributed by atoms with van der Waals surface area (Å²) in [6.07, 6.45) is -2.64. The minimum Gasteiger partial charge on any atom is -0.459 e. The quantitative estimate of drug-likeness (QED) is 0.321. The van der Waals surface area contributed by atoms with Crippen LogP contribution in [0.2, 0.25) is 23.2 Å². The Bertz CT molecular complexity index is 1130. The van der Waals surface area contributed by atoms with Crippen molar-refractivity contribution in [2.75, 3.05) is 13.2 Å². The molecule has 8 heteroatoms. The van der Waals surface area contributed by atoms with Crippen LogP contribution >= 0.6 is 0 Å². The van der Waals surface area contributed by atoms with Crippen molar-refractivity contribution in [3.63, 3.8) is 0 Å². The monoisotopic (exact) mass is 598 g/mol. The fourth-order valence-electron chi connectivity index (χ4n) is 6.73. The second kappa shape index (κ2) is 11.7. The number of fused-ring (bicyclic) bond motifs is 2. The number of benzene rings is 2. The summed E-state index contributed by atoms with van der Waals surface area (Å²) in [6, 6.07) is 20.6. The number of carbonyl (C=O) groups is 1. The van der Waals surface area contributed by atoms with Gasteiger partial charge in [-0.25, -0.2) is 0 Å². The average molecular weight is 599 g/mol. The van der Waals surface area contributed by atoms with Crippen molar-refractivity contribution in [3.05, 3.63) is 60.7 Å². The highest BCUT2D eigenvalue weighted by atomic mass is 28.4. The second-order valence-electron chi connectivity index (χ2n) is 14.6. The molecule has 0 amide bonds. The highest BCUT2D eigenvalue weighted by Gasteiger charge is 2.60. The molecule has 2 N–H and O–H groups in total. The number of aliphatic hydroxyl groups is 2. The van der Waals surface area contributed by atoms with Gasteiger partial charge in [-0.05, 0) is 33.5 Å². The van der Waals surface area contributed by atoms with Crippen LogP contribution in [0, 0.1) is 23.7 Å². The maximum atomic E-state index is 13.0. The third-order valence-electron chi connectivity index (χ3n) is 10.1. The Morgan fingerprint density at radius 2 is 1.39 bits per heavy atom. The zero-order chi connectivity index (χ0) is 30.4. The van der Waals surface area contributed by atoms with E-state index in [1.807, 2.05) is 43.3 Å². The summed E-state index contributed by atoms with van der Waals surface area (Å²) in [6.45, 7) is 19.8. The summed E-state index contributed by atoms with van der Waals surface area (Å²) in [4.78, 5) is 13.0. The first-order valence-corrected chi connectivity index (χ1v) is 19.8. The summed E-state index contributed by atoms with van der Waals surface area (Å²) in [5.41, 5.74) is 0. The maximum Gasteiger partial charge on any atom is 0.310 e. The lowest BCUT2D eigenvalue weighted by Crippen LogP contribution is -2.67. The van der Waals surface area contributed by atoms with Crippen LogP contribution in [-0.4, -0.2) is 64.3 Å². The van der Waals surface area contributed by atoms with Gasteiger partial charge in [0.2, 0.25) is 0 Å². The molecule has 1 heterocycles. The Hall–Kier alpha value is -1.82. The van der Waals surface area contributed by atoms with E-state index in [0.717, 1.165) is 10.4 Å². The van der Waals surface area contributed by atoms with Gasteiger partial charge in [0.25, 0.3) is 8.32 Å². The summed E-state index contributed by atoms with van der Waals surface area (Å²) in [7, 11) is -5.05. The summed E-state index contributed by atoms with van der Waals surface area (Å²) in [5.74, 6) is -1.87. The predicted octanol–water partition coefficient (Wildman–Crippen LogP) is 4.73. The van der Waals surface area contributed by atoms with Crippen molar-refractivity contribution in [2.45, 2.75) is 89.9 Å². The number of ether oxygens (including phenoxy) is 1. The van der Waals surface area contributed by atoms with Crippen molar-refractivity contribution >= 4 is 33.0 Å². The van der Waals surface area contributed by atoms with E-state index in [9.17, 15) is 15.0 Å². The molecular weight excluding hydrogens is 549 g/mol. The van der Waals surface area contributed by atoms with E-state index in [1.165, 1.54) is 0 Å². The standard InChI is InChI=1S/C33H50O6Si2/c1-22-27-25(20-37-40(8,9)32(2,3)4)28(29(35)30(22)39-31(27)36)26(34)21-38-41(33(5,6)7,23-16-12-10-13-17-23)24-18-14-11-15-19-24/h10-19,22,25-30,34-35H,20-21H2,1-9H3/t22-,25-,26+,27+,28+,29-,30-/m0/s1. The van der Waals surface area contributed by atoms with E-state index in [-0.39, 0.29) is 34.5 Å². The van der Waals surface area contributed by atoms with Crippen LogP contribution in [-0.2, 0) is 18.4 Å². The Morgan fingerprint density at radius 3 is 1.85 bits per heavy atom. The lowest BCUT2D eigenvalue weighted by molar-refractivity contribution is -0.147. The van der Waals surface area contributed by atoms with Crippen LogP contribution in [0.4, 0.5) is 0 Å². The molecule has 2 bridgehead atoms. The number of aliphatic hydroxyl groups excluding tert-OH is 2. The molecule has 2 aliphatic rings. The molecule has 7 atom stereocenters. The van der Waals surface area contributed by atoms with Crippen LogP contribution in [0.25, 0.3) is 0 Å². The molecule has 1 aliphatic heterocycles. The van der Waals surface area contributed by atoms with Crippen LogP contribution in [0.3, 0.4) is 0 Å². The van der Waals surface area contributed by atoms with Gasteiger partial charge in [-0.3, -0.25) is 4.79 Å². The minimum atomic E-state index is -2.90. The highest BCUT2D eigenvalue weighted by Crippen LogP contribution is 2.49. The first kappa shape index (κ1) is 32.1. The smallest absolute Gasteiger partial charge is 0.310 e. The van der Waals surface area contributed by atoms with Crippen LogP contribution in [0.15, 0.2) is 60.7 Å². The summed E-state index contributed by atoms with van der Waals surface area (Å²) >= 11 is 0. The molecule has 41 heavy (non-hydrogen) atoms. The van der Waals surface area contributed by atoms with Crippen molar-refractivity contribution in [1.29, 1.82) is 0 Å². The number of hydrogen-bond acceptors (Lipinski definition) is 6. The molecule has 0 aromatic heterocycles. The van der Waals surface area contributed by atoms with Gasteiger partial charge in [0.05, 0.1) is 24.7 Å². The predicted molar refractivity (Wildman–Crippen MR) is 168 cm³/mol. The lowest BCUT2D eigenvalue weighted by Gasteiger charge is -2.47. The molecule has 0 unspecified atom stereocenters. The molecule has 2 aromatic carbocycles. The molecule has 226 valence electrons. The van der Waals surface area contributed by atoms with E-state index in [1.54, 1.807) is 0 Å². The zero-order valence-corrected chi connectivity index (χ0v) is 28.3. The molecule has 1 saturated carbocycles. The van der Waals surface area contributed by atoms with Crippen LogP contribution in [0.5, 0.6) is 0 Å². The average Bonchev–Trinajstić information content (AvgIpc) is 3.13. The molecule has 1 aliphatic carbocycles. The van der Waals surface area contributed by atoms with E-state index >= 15 is 0 Å². The largest absolute Gasteiger partial charge is 0.459 e. The fourth-order valence-corrected chi connectivity index (χ4v) is 12.3. The summed E-state index contributed by atoms with van der Waals surface area (Å²) < 4.78 is 19.3. The lowest BCUT2D eigenvalue weighted by atomic mass is 9.64. The van der Waals surface area contributed by atoms with E-state index in [4.69, 9.17) is 13.6 Å². The van der Waals surface area contributed by atoms with Gasteiger partial charge in [0.15, 0.2) is 8.32 Å². The van der Waals surface area contributed by atoms with Crippen molar-refractivity contribution in [1.82, 2.24) is 0 Å². The molecule has 1 saturated heterocycles. The molecule has 4 rings (SSSR count). The molecule has 0 spiro atoms. The van der Waals surface area contributed by atoms with Crippen molar-refractivity contribution < 1.29 is 28.6 Å². The fraction of sp³-hybridized carbons (Fsp3) is 0.606. The van der Waals surface area contributed by atoms with Crippen molar-refractivity contribution in [2.24, 2.45) is 23.7 Å². The van der Waals surface area contributed by atoms with Gasteiger partial charge in [-0.2, -0.15) is 0 Å². The molecule has 0 radical (unpaired) electrons. The van der Waals surface area contributed by atoms with Gasteiger partial charge < -0.3 is 23.8 Å². The normalized spacial score (nSPS) is 27.9. The molecule has 2 aromatic rings. The number of esters is 1. The first-order valence-electron chi connectivity index (χ1n) is 15.0. The highest BCUT2D eigenvalue weighted by molar-refractivity contribution is 6.99. The third-order valence-corrected chi connectivity index (χ3v) is 19.6. The van der Waals surface area contributed by atoms with Gasteiger partial charge in [-0.1, -0.05) is 109 Å². The van der Waals surface area contributed by atoms with Gasteiger partial charge in [0, 0.05) is 24.4 Å². The number of rotatable bonds is 9. The van der Waals surface area contributed by atoms with Gasteiger partial charge in [0.1, 0.15) is 6.10 Å². The van der Waals surface area contributed by atoms with Gasteiger partial charge >= 0.3 is 5.97 Å². The SMILES string of the molecule is C[C@@H]1[C@@H]2OC(=O)[C@H]1[C@H](CO[Si](C)(C)C(C)(C)C)[C@H]([C@H](O)CO[Si](c1ccccc1)(c1ccccc1)C(C)(C)C)[C@@H]2O. The topological polar surface area (TPSA) is 85.2 Å². The minimum absolute atomic E-state index is 0.00881. The Balaban J connectivity index is 1.69. The molecule has 2 fully saturated rings. The van der Waals surface area contributed by atoms with E-state index in [0.29, 0.717) is 6.61 Å². The van der Waals surface area contributed by atoms with Gasteiger partial charge in [-0.15, -0.1) is 0 Å². The third kappa shape index (κ3) is 5.88. The first-order chi connectivity index (χ1) is 19.0. The Morgan fingerprint density at radius 1 is 0.878 bits per heavy atom. The maximum absolute atomic E-state index is 13.0. The number of carbonyl (C=O) groups excluding carboxylic acids is 1. The molecule has 6 nitrogen and oxygen atoms in total. The second-order valence-corrected chi connectivity index (χ2v) is 23.7. The number of hydrogen-bond donors (Lipinski definition) is 2. The molecular formula is C33H50O6Si2. The Kier molecular flexibility index (Phi) is 9.16. The van der Waals surface area contributed by atoms with Crippen molar-refractivity contribution in [3.8, 4) is 0 Å². The van der Waals surface area contributed by atoms with Crippen LogP contribution < -0.4 is 10.4 Å². The zero-order valence-electron chi connectivity index (χ0n) is 26.3. The van der Waals surface area contributed by atoms with E-state index < -0.39 is 46.8 Å². The summed E-state index contributed by atoms with van der Waals surface area (Å²) in [5, 5.41) is 25.4.